The van der Waals surface area contributed by atoms with Gasteiger partial charge in [-0.3, -0.25) is 0 Å². The van der Waals surface area contributed by atoms with Crippen molar-refractivity contribution in [2.75, 3.05) is 19.6 Å². The van der Waals surface area contributed by atoms with Crippen molar-refractivity contribution in [3.8, 4) is 0 Å². The van der Waals surface area contributed by atoms with Crippen molar-refractivity contribution in [2.45, 2.75) is 25.7 Å². The van der Waals surface area contributed by atoms with Crippen LogP contribution in [-0.2, 0) is 0 Å². The average Bonchev–Trinajstić information content (AvgIpc) is 2.78. The summed E-state index contributed by atoms with van der Waals surface area (Å²) < 4.78 is 0. The van der Waals surface area contributed by atoms with Crippen LogP contribution in [0.2, 0.25) is 0 Å². The Labute approximate surface area is 98.9 Å². The van der Waals surface area contributed by atoms with E-state index >= 15 is 0 Å². The normalized spacial score (nSPS) is 22.2. The molecule has 1 aromatic rings. The molecular weight excluding hydrogens is 224 g/mol. The van der Waals surface area contributed by atoms with Gasteiger partial charge in [-0.25, -0.2) is 9.78 Å². The standard InChI is InChI=1S/C11H16N2O2S/c1-2-13-5-3-4-8(6-13)10-12-9(7-16-10)11(14)15/h7-8H,2-6H2,1H3,(H,14,15). The van der Waals surface area contributed by atoms with Crippen LogP contribution in [0.1, 0.15) is 41.2 Å². The van der Waals surface area contributed by atoms with Crippen LogP contribution >= 0.6 is 11.3 Å². The van der Waals surface area contributed by atoms with E-state index in [1.54, 1.807) is 5.38 Å². The van der Waals surface area contributed by atoms with Gasteiger partial charge in [0, 0.05) is 17.8 Å². The first-order valence-corrected chi connectivity index (χ1v) is 6.49. The first kappa shape index (κ1) is 11.5. The number of likely N-dealkylation sites (N-methyl/N-ethyl adjacent to an activating group) is 1. The van der Waals surface area contributed by atoms with E-state index in [1.807, 2.05) is 0 Å². The van der Waals surface area contributed by atoms with E-state index in [1.165, 1.54) is 17.8 Å². The molecule has 2 heterocycles. The molecule has 1 aliphatic heterocycles. The van der Waals surface area contributed by atoms with Crippen molar-refractivity contribution in [1.29, 1.82) is 0 Å². The summed E-state index contributed by atoms with van der Waals surface area (Å²) in [6.45, 7) is 5.40. The number of aromatic nitrogens is 1. The fourth-order valence-electron chi connectivity index (χ4n) is 2.12. The Balaban J connectivity index is 2.08. The second-order valence-corrected chi connectivity index (χ2v) is 5.00. The maximum Gasteiger partial charge on any atom is 0.355 e. The minimum absolute atomic E-state index is 0.189. The van der Waals surface area contributed by atoms with Gasteiger partial charge in [-0.15, -0.1) is 11.3 Å². The summed E-state index contributed by atoms with van der Waals surface area (Å²) in [5.74, 6) is -0.502. The third kappa shape index (κ3) is 2.41. The Morgan fingerprint density at radius 3 is 3.19 bits per heavy atom. The first-order chi connectivity index (χ1) is 7.70. The van der Waals surface area contributed by atoms with E-state index in [0.29, 0.717) is 5.92 Å². The number of hydrogen-bond donors (Lipinski definition) is 1. The van der Waals surface area contributed by atoms with Crippen molar-refractivity contribution in [1.82, 2.24) is 9.88 Å². The number of carbonyl (C=O) groups is 1. The van der Waals surface area contributed by atoms with Crippen molar-refractivity contribution in [3.63, 3.8) is 0 Å². The molecule has 0 spiro atoms. The number of likely N-dealkylation sites (tertiary alicyclic amines) is 1. The lowest BCUT2D eigenvalue weighted by molar-refractivity contribution is 0.0691. The summed E-state index contributed by atoms with van der Waals surface area (Å²) in [6, 6.07) is 0. The maximum absolute atomic E-state index is 10.8. The van der Waals surface area contributed by atoms with Gasteiger partial charge in [0.05, 0.1) is 5.01 Å². The number of nitrogens with zero attached hydrogens (tertiary/aromatic N) is 2. The van der Waals surface area contributed by atoms with E-state index < -0.39 is 5.97 Å². The van der Waals surface area contributed by atoms with Crippen molar-refractivity contribution >= 4 is 17.3 Å². The second-order valence-electron chi connectivity index (χ2n) is 4.11. The molecule has 1 saturated heterocycles. The largest absolute Gasteiger partial charge is 0.476 e. The molecule has 1 aromatic heterocycles. The molecule has 0 bridgehead atoms. The van der Waals surface area contributed by atoms with Crippen LogP contribution in [0.25, 0.3) is 0 Å². The van der Waals surface area contributed by atoms with Crippen molar-refractivity contribution in [3.05, 3.63) is 16.1 Å². The zero-order chi connectivity index (χ0) is 11.5. The highest BCUT2D eigenvalue weighted by Gasteiger charge is 2.23. The molecule has 0 saturated carbocycles. The van der Waals surface area contributed by atoms with Crippen LogP contribution in [0.15, 0.2) is 5.38 Å². The summed E-state index contributed by atoms with van der Waals surface area (Å²) in [5, 5.41) is 11.5. The summed E-state index contributed by atoms with van der Waals surface area (Å²) in [7, 11) is 0. The summed E-state index contributed by atoms with van der Waals surface area (Å²) >= 11 is 1.48. The molecule has 0 aliphatic carbocycles. The predicted molar refractivity (Wildman–Crippen MR) is 63.2 cm³/mol. The van der Waals surface area contributed by atoms with E-state index in [4.69, 9.17) is 5.11 Å². The Kier molecular flexibility index (Phi) is 3.56. The van der Waals surface area contributed by atoms with Crippen LogP contribution in [0.4, 0.5) is 0 Å². The zero-order valence-corrected chi connectivity index (χ0v) is 10.2. The van der Waals surface area contributed by atoms with E-state index in [0.717, 1.165) is 31.1 Å². The highest BCUT2D eigenvalue weighted by Crippen LogP contribution is 2.29. The quantitative estimate of drug-likeness (QED) is 0.878. The number of rotatable bonds is 3. The number of aromatic carboxylic acids is 1. The number of piperidine rings is 1. The van der Waals surface area contributed by atoms with Gasteiger partial charge in [0.1, 0.15) is 0 Å². The second kappa shape index (κ2) is 4.93. The smallest absolute Gasteiger partial charge is 0.355 e. The van der Waals surface area contributed by atoms with Gasteiger partial charge in [-0.05, 0) is 25.9 Å². The third-order valence-electron chi connectivity index (χ3n) is 3.04. The van der Waals surface area contributed by atoms with Gasteiger partial charge in [0.25, 0.3) is 0 Å². The molecule has 88 valence electrons. The molecule has 1 unspecified atom stereocenters. The molecule has 1 atom stereocenters. The average molecular weight is 240 g/mol. The number of carboxylic acids is 1. The highest BCUT2D eigenvalue weighted by molar-refractivity contribution is 7.09. The third-order valence-corrected chi connectivity index (χ3v) is 4.05. The molecule has 1 fully saturated rings. The fraction of sp³-hybridized carbons (Fsp3) is 0.636. The summed E-state index contributed by atoms with van der Waals surface area (Å²) in [4.78, 5) is 17.3. The van der Waals surface area contributed by atoms with Gasteiger partial charge in [0.15, 0.2) is 5.69 Å². The SMILES string of the molecule is CCN1CCCC(c2nc(C(=O)O)cs2)C1. The molecule has 1 aliphatic rings. The molecule has 1 N–H and O–H groups in total. The van der Waals surface area contributed by atoms with Crippen molar-refractivity contribution in [2.24, 2.45) is 0 Å². The number of hydrogen-bond acceptors (Lipinski definition) is 4. The molecule has 0 radical (unpaired) electrons. The fourth-order valence-corrected chi connectivity index (χ4v) is 3.04. The minimum atomic E-state index is -0.925. The minimum Gasteiger partial charge on any atom is -0.476 e. The van der Waals surface area contributed by atoms with E-state index in [9.17, 15) is 4.79 Å². The van der Waals surface area contributed by atoms with Gasteiger partial charge in [0.2, 0.25) is 0 Å². The highest BCUT2D eigenvalue weighted by atomic mass is 32.1. The zero-order valence-electron chi connectivity index (χ0n) is 9.35. The van der Waals surface area contributed by atoms with Crippen LogP contribution in [0.5, 0.6) is 0 Å². The monoisotopic (exact) mass is 240 g/mol. The Hall–Kier alpha value is -0.940. The summed E-state index contributed by atoms with van der Waals surface area (Å²) in [6.07, 6.45) is 2.31. The number of thiazole rings is 1. The Morgan fingerprint density at radius 1 is 1.75 bits per heavy atom. The first-order valence-electron chi connectivity index (χ1n) is 5.61. The molecule has 0 aromatic carbocycles. The van der Waals surface area contributed by atoms with Gasteiger partial charge < -0.3 is 10.0 Å². The Morgan fingerprint density at radius 2 is 2.56 bits per heavy atom. The Bertz CT molecular complexity index is 378. The molecule has 2 rings (SSSR count). The van der Waals surface area contributed by atoms with E-state index in [2.05, 4.69) is 16.8 Å². The lowest BCUT2D eigenvalue weighted by Gasteiger charge is -2.30. The van der Waals surface area contributed by atoms with Gasteiger partial charge in [-0.1, -0.05) is 6.92 Å². The van der Waals surface area contributed by atoms with Gasteiger partial charge >= 0.3 is 5.97 Å². The van der Waals surface area contributed by atoms with Crippen LogP contribution in [-0.4, -0.2) is 40.6 Å². The maximum atomic E-state index is 10.8. The van der Waals surface area contributed by atoms with Crippen LogP contribution in [0, 0.1) is 0 Å². The lowest BCUT2D eigenvalue weighted by atomic mass is 9.99. The summed E-state index contributed by atoms with van der Waals surface area (Å²) in [5.41, 5.74) is 0.189. The number of carboxylic acid groups (broad SMARTS) is 1. The molecule has 5 heteroatoms. The van der Waals surface area contributed by atoms with E-state index in [-0.39, 0.29) is 5.69 Å². The topological polar surface area (TPSA) is 53.4 Å². The van der Waals surface area contributed by atoms with Crippen LogP contribution < -0.4 is 0 Å². The lowest BCUT2D eigenvalue weighted by Crippen LogP contribution is -2.34. The molecule has 0 amide bonds. The molecular formula is C11H16N2O2S. The molecule has 4 nitrogen and oxygen atoms in total. The van der Waals surface area contributed by atoms with Crippen molar-refractivity contribution < 1.29 is 9.90 Å². The van der Waals surface area contributed by atoms with Crippen LogP contribution in [0.3, 0.4) is 0 Å². The molecule has 16 heavy (non-hydrogen) atoms. The predicted octanol–water partition coefficient (Wildman–Crippen LogP) is 2.04. The van der Waals surface area contributed by atoms with Gasteiger partial charge in [-0.2, -0.15) is 0 Å².